The fourth-order valence-corrected chi connectivity index (χ4v) is 3.82. The predicted octanol–water partition coefficient (Wildman–Crippen LogP) is 4.28. The summed E-state index contributed by atoms with van der Waals surface area (Å²) in [6, 6.07) is 17.5. The molecule has 1 unspecified atom stereocenters. The molecule has 146 valence electrons. The Labute approximate surface area is 163 Å². The van der Waals surface area contributed by atoms with Crippen molar-refractivity contribution >= 4 is 10.8 Å². The molecule has 4 rings (SSSR count). The Bertz CT molecular complexity index is 924. The second-order valence-corrected chi connectivity index (χ2v) is 7.12. The number of hydrogen-bond acceptors (Lipinski definition) is 3. The van der Waals surface area contributed by atoms with Gasteiger partial charge in [0.05, 0.1) is 19.3 Å². The van der Waals surface area contributed by atoms with Gasteiger partial charge in [-0.3, -0.25) is 4.90 Å². The Balaban J connectivity index is 1.50. The molecule has 0 amide bonds. The minimum absolute atomic E-state index is 0.0643. The number of ether oxygens (including phenoxy) is 1. The molecule has 3 aromatic rings. The SMILES string of the molecule is Fc1ccc(C(COCc2ccc(F)c3ccccc23)N2CCNCC2)cc1. The highest BCUT2D eigenvalue weighted by atomic mass is 19.1. The average Bonchev–Trinajstić information content (AvgIpc) is 2.74. The summed E-state index contributed by atoms with van der Waals surface area (Å²) in [4.78, 5) is 2.37. The summed E-state index contributed by atoms with van der Waals surface area (Å²) in [5.74, 6) is -0.453. The molecule has 1 atom stereocenters. The van der Waals surface area contributed by atoms with Gasteiger partial charge in [-0.05, 0) is 34.7 Å². The molecule has 1 N–H and O–H groups in total. The van der Waals surface area contributed by atoms with Crippen LogP contribution in [0.1, 0.15) is 17.2 Å². The van der Waals surface area contributed by atoms with Gasteiger partial charge in [0.1, 0.15) is 11.6 Å². The van der Waals surface area contributed by atoms with E-state index < -0.39 is 0 Å². The molecule has 1 heterocycles. The molecule has 3 nitrogen and oxygen atoms in total. The van der Waals surface area contributed by atoms with E-state index >= 15 is 0 Å². The van der Waals surface area contributed by atoms with Gasteiger partial charge in [0.15, 0.2) is 0 Å². The van der Waals surface area contributed by atoms with Gasteiger partial charge in [-0.2, -0.15) is 0 Å². The Kier molecular flexibility index (Phi) is 5.95. The lowest BCUT2D eigenvalue weighted by Crippen LogP contribution is -2.46. The molecule has 0 bridgehead atoms. The largest absolute Gasteiger partial charge is 0.375 e. The Morgan fingerprint density at radius 2 is 1.61 bits per heavy atom. The fourth-order valence-electron chi connectivity index (χ4n) is 3.82. The molecule has 1 aliphatic heterocycles. The van der Waals surface area contributed by atoms with E-state index in [1.165, 1.54) is 18.2 Å². The van der Waals surface area contributed by atoms with E-state index in [0.29, 0.717) is 18.6 Å². The molecule has 0 radical (unpaired) electrons. The van der Waals surface area contributed by atoms with Crippen molar-refractivity contribution in [3.8, 4) is 0 Å². The second-order valence-electron chi connectivity index (χ2n) is 7.12. The molecule has 0 aromatic heterocycles. The monoisotopic (exact) mass is 382 g/mol. The lowest BCUT2D eigenvalue weighted by Gasteiger charge is -2.35. The van der Waals surface area contributed by atoms with E-state index in [1.807, 2.05) is 30.3 Å². The maximum absolute atomic E-state index is 14.0. The number of nitrogens with one attached hydrogen (secondary N) is 1. The summed E-state index contributed by atoms with van der Waals surface area (Å²) < 4.78 is 33.5. The first kappa shape index (κ1) is 19.0. The maximum atomic E-state index is 14.0. The Hall–Kier alpha value is -2.34. The summed E-state index contributed by atoms with van der Waals surface area (Å²) in [6.07, 6.45) is 0. The van der Waals surface area contributed by atoms with Crippen LogP contribution in [0.15, 0.2) is 60.7 Å². The number of fused-ring (bicyclic) bond motifs is 1. The van der Waals surface area contributed by atoms with Gasteiger partial charge < -0.3 is 10.1 Å². The van der Waals surface area contributed by atoms with E-state index in [0.717, 1.165) is 42.7 Å². The van der Waals surface area contributed by atoms with Gasteiger partial charge >= 0.3 is 0 Å². The minimum Gasteiger partial charge on any atom is -0.375 e. The van der Waals surface area contributed by atoms with Crippen molar-refractivity contribution in [2.75, 3.05) is 32.8 Å². The highest BCUT2D eigenvalue weighted by Gasteiger charge is 2.22. The van der Waals surface area contributed by atoms with Crippen LogP contribution >= 0.6 is 0 Å². The molecule has 1 saturated heterocycles. The highest BCUT2D eigenvalue weighted by molar-refractivity contribution is 5.86. The zero-order valence-corrected chi connectivity index (χ0v) is 15.7. The summed E-state index contributed by atoms with van der Waals surface area (Å²) in [7, 11) is 0. The first-order valence-electron chi connectivity index (χ1n) is 9.66. The summed E-state index contributed by atoms with van der Waals surface area (Å²) >= 11 is 0. The first-order valence-corrected chi connectivity index (χ1v) is 9.66. The van der Waals surface area contributed by atoms with Crippen molar-refractivity contribution in [2.24, 2.45) is 0 Å². The van der Waals surface area contributed by atoms with Gasteiger partial charge in [-0.1, -0.05) is 42.5 Å². The highest BCUT2D eigenvalue weighted by Crippen LogP contribution is 2.25. The van der Waals surface area contributed by atoms with Gasteiger partial charge in [0.25, 0.3) is 0 Å². The molecule has 0 spiro atoms. The van der Waals surface area contributed by atoms with Crippen LogP contribution in [-0.4, -0.2) is 37.7 Å². The van der Waals surface area contributed by atoms with Crippen molar-refractivity contribution < 1.29 is 13.5 Å². The number of hydrogen-bond donors (Lipinski definition) is 1. The number of halogens is 2. The lowest BCUT2D eigenvalue weighted by molar-refractivity contribution is 0.0446. The van der Waals surface area contributed by atoms with Crippen LogP contribution in [0.25, 0.3) is 10.8 Å². The zero-order chi connectivity index (χ0) is 19.3. The molecular formula is C23H24F2N2O. The van der Waals surface area contributed by atoms with Crippen molar-refractivity contribution in [1.82, 2.24) is 10.2 Å². The molecular weight excluding hydrogens is 358 g/mol. The van der Waals surface area contributed by atoms with Crippen LogP contribution in [0.3, 0.4) is 0 Å². The normalized spacial score (nSPS) is 16.4. The van der Waals surface area contributed by atoms with Gasteiger partial charge in [-0.25, -0.2) is 8.78 Å². The third kappa shape index (κ3) is 4.22. The fraction of sp³-hybridized carbons (Fsp3) is 0.304. The predicted molar refractivity (Wildman–Crippen MR) is 107 cm³/mol. The molecule has 5 heteroatoms. The Morgan fingerprint density at radius 3 is 2.36 bits per heavy atom. The van der Waals surface area contributed by atoms with Crippen molar-refractivity contribution in [3.05, 3.63) is 83.4 Å². The van der Waals surface area contributed by atoms with Crippen LogP contribution in [0.5, 0.6) is 0 Å². The third-order valence-electron chi connectivity index (χ3n) is 5.34. The van der Waals surface area contributed by atoms with Crippen molar-refractivity contribution in [1.29, 1.82) is 0 Å². The number of piperazine rings is 1. The molecule has 0 saturated carbocycles. The van der Waals surface area contributed by atoms with Crippen molar-refractivity contribution in [3.63, 3.8) is 0 Å². The van der Waals surface area contributed by atoms with Gasteiger partial charge in [-0.15, -0.1) is 0 Å². The maximum Gasteiger partial charge on any atom is 0.131 e. The van der Waals surface area contributed by atoms with Crippen LogP contribution in [-0.2, 0) is 11.3 Å². The summed E-state index contributed by atoms with van der Waals surface area (Å²) in [5.41, 5.74) is 2.02. The van der Waals surface area contributed by atoms with Crippen LogP contribution in [0.2, 0.25) is 0 Å². The second kappa shape index (κ2) is 8.78. The summed E-state index contributed by atoms with van der Waals surface area (Å²) in [5, 5.41) is 4.85. The summed E-state index contributed by atoms with van der Waals surface area (Å²) in [6.45, 7) is 4.61. The van der Waals surface area contributed by atoms with Crippen LogP contribution in [0.4, 0.5) is 8.78 Å². The molecule has 3 aromatic carbocycles. The van der Waals surface area contributed by atoms with E-state index in [2.05, 4.69) is 10.2 Å². The number of nitrogens with zero attached hydrogens (tertiary/aromatic N) is 1. The van der Waals surface area contributed by atoms with Crippen LogP contribution in [0, 0.1) is 11.6 Å². The van der Waals surface area contributed by atoms with E-state index in [4.69, 9.17) is 4.74 Å². The van der Waals surface area contributed by atoms with E-state index in [-0.39, 0.29) is 17.7 Å². The minimum atomic E-state index is -0.235. The molecule has 0 aliphatic carbocycles. The zero-order valence-electron chi connectivity index (χ0n) is 15.7. The topological polar surface area (TPSA) is 24.5 Å². The number of benzene rings is 3. The quantitative estimate of drug-likeness (QED) is 0.689. The van der Waals surface area contributed by atoms with Gasteiger partial charge in [0.2, 0.25) is 0 Å². The van der Waals surface area contributed by atoms with Crippen molar-refractivity contribution in [2.45, 2.75) is 12.6 Å². The number of rotatable bonds is 6. The molecule has 28 heavy (non-hydrogen) atoms. The first-order chi connectivity index (χ1) is 13.7. The smallest absolute Gasteiger partial charge is 0.131 e. The van der Waals surface area contributed by atoms with Gasteiger partial charge in [0, 0.05) is 31.6 Å². The Morgan fingerprint density at radius 1 is 0.893 bits per heavy atom. The average molecular weight is 382 g/mol. The van der Waals surface area contributed by atoms with E-state index in [9.17, 15) is 8.78 Å². The molecule has 1 fully saturated rings. The lowest BCUT2D eigenvalue weighted by atomic mass is 10.0. The van der Waals surface area contributed by atoms with Crippen LogP contribution < -0.4 is 5.32 Å². The standard InChI is InChI=1S/C23H24F2N2O/c24-19-8-5-17(6-9-19)23(27-13-11-26-12-14-27)16-28-15-18-7-10-22(25)21-4-2-1-3-20(18)21/h1-10,23,26H,11-16H2. The third-order valence-corrected chi connectivity index (χ3v) is 5.34. The van der Waals surface area contributed by atoms with E-state index in [1.54, 1.807) is 12.1 Å². The molecule has 1 aliphatic rings.